The van der Waals surface area contributed by atoms with Crippen LogP contribution in [0.1, 0.15) is 22.0 Å². The van der Waals surface area contributed by atoms with Crippen LogP contribution in [-0.4, -0.2) is 35.5 Å². The fourth-order valence-electron chi connectivity index (χ4n) is 3.31. The monoisotopic (exact) mass is 401 g/mol. The maximum absolute atomic E-state index is 13.5. The van der Waals surface area contributed by atoms with E-state index in [1.807, 2.05) is 19.9 Å². The first-order valence-electron chi connectivity index (χ1n) is 9.24. The largest absolute Gasteiger partial charge is 0.338 e. The first-order valence-corrected chi connectivity index (χ1v) is 9.24. The van der Waals surface area contributed by atoms with Gasteiger partial charge in [-0.25, -0.2) is 18.9 Å². The van der Waals surface area contributed by atoms with Crippen LogP contribution < -0.4 is 5.32 Å². The van der Waals surface area contributed by atoms with Crippen molar-refractivity contribution in [2.75, 3.05) is 5.32 Å². The molecule has 9 heteroatoms. The first kappa shape index (κ1) is 17.9. The number of amides is 1. The van der Waals surface area contributed by atoms with Gasteiger partial charge in [0.15, 0.2) is 0 Å². The summed E-state index contributed by atoms with van der Waals surface area (Å²) in [6, 6.07) is 13.3. The molecule has 0 unspecified atom stereocenters. The van der Waals surface area contributed by atoms with Gasteiger partial charge in [-0.2, -0.15) is 4.98 Å². The minimum absolute atomic E-state index is 0.0290. The van der Waals surface area contributed by atoms with Crippen molar-refractivity contribution >= 4 is 28.4 Å². The molecule has 0 saturated heterocycles. The minimum atomic E-state index is -0.443. The number of hydrogen-bond acceptors (Lipinski definition) is 5. The van der Waals surface area contributed by atoms with E-state index in [0.29, 0.717) is 33.9 Å². The summed E-state index contributed by atoms with van der Waals surface area (Å²) < 4.78 is 15.0. The van der Waals surface area contributed by atoms with Crippen LogP contribution in [0.5, 0.6) is 0 Å². The molecule has 5 aromatic rings. The highest BCUT2D eigenvalue weighted by Gasteiger charge is 2.16. The average Bonchev–Trinajstić information content (AvgIpc) is 3.32. The lowest BCUT2D eigenvalue weighted by molar-refractivity contribution is 0.101. The van der Waals surface area contributed by atoms with Crippen molar-refractivity contribution in [1.29, 1.82) is 0 Å². The number of halogens is 1. The summed E-state index contributed by atoms with van der Waals surface area (Å²) in [6.45, 7) is 3.74. The maximum Gasteiger partial charge on any atom is 0.295 e. The van der Waals surface area contributed by atoms with Gasteiger partial charge < -0.3 is 10.3 Å². The van der Waals surface area contributed by atoms with Crippen LogP contribution in [0.4, 0.5) is 10.1 Å². The van der Waals surface area contributed by atoms with Crippen molar-refractivity contribution in [1.82, 2.24) is 29.5 Å². The molecular weight excluding hydrogens is 385 g/mol. The van der Waals surface area contributed by atoms with Crippen LogP contribution >= 0.6 is 0 Å². The lowest BCUT2D eigenvalue weighted by Gasteiger charge is -2.02. The van der Waals surface area contributed by atoms with Gasteiger partial charge in [0.25, 0.3) is 11.7 Å². The molecule has 30 heavy (non-hydrogen) atoms. The summed E-state index contributed by atoms with van der Waals surface area (Å²) in [7, 11) is 0. The van der Waals surface area contributed by atoms with Gasteiger partial charge in [-0.15, -0.1) is 5.10 Å². The highest BCUT2D eigenvalue weighted by atomic mass is 19.1. The van der Waals surface area contributed by atoms with E-state index in [-0.39, 0.29) is 11.6 Å². The number of nitrogens with one attached hydrogen (secondary N) is 2. The molecule has 3 heterocycles. The Kier molecular flexibility index (Phi) is 4.02. The van der Waals surface area contributed by atoms with Crippen molar-refractivity contribution in [2.45, 2.75) is 13.8 Å². The van der Waals surface area contributed by atoms with Crippen LogP contribution in [0.15, 0.2) is 48.5 Å². The fourth-order valence-corrected chi connectivity index (χ4v) is 3.31. The SMILES string of the molecule is Cc1cc(C)n2nc(C(=O)Nc3ccc4nc(-c5cccc(F)c5)[nH]c4c3)nc2n1. The smallest absolute Gasteiger partial charge is 0.295 e. The Balaban J connectivity index is 1.44. The summed E-state index contributed by atoms with van der Waals surface area (Å²) in [5, 5.41) is 7.03. The van der Waals surface area contributed by atoms with Crippen LogP contribution in [0.25, 0.3) is 28.2 Å². The first-order chi connectivity index (χ1) is 14.5. The molecule has 0 saturated carbocycles. The van der Waals surface area contributed by atoms with Gasteiger partial charge in [0.05, 0.1) is 11.0 Å². The molecule has 8 nitrogen and oxygen atoms in total. The van der Waals surface area contributed by atoms with E-state index in [1.165, 1.54) is 16.6 Å². The molecule has 0 radical (unpaired) electrons. The van der Waals surface area contributed by atoms with Crippen LogP contribution in [0.3, 0.4) is 0 Å². The zero-order chi connectivity index (χ0) is 20.8. The van der Waals surface area contributed by atoms with E-state index in [2.05, 4.69) is 30.4 Å². The number of rotatable bonds is 3. The molecule has 0 bridgehead atoms. The molecule has 0 fully saturated rings. The average molecular weight is 401 g/mol. The van der Waals surface area contributed by atoms with Gasteiger partial charge in [0.2, 0.25) is 5.82 Å². The van der Waals surface area contributed by atoms with E-state index < -0.39 is 5.91 Å². The highest BCUT2D eigenvalue weighted by Crippen LogP contribution is 2.23. The van der Waals surface area contributed by atoms with Crippen molar-refractivity contribution in [2.24, 2.45) is 0 Å². The molecule has 0 aliphatic rings. The van der Waals surface area contributed by atoms with E-state index >= 15 is 0 Å². The molecule has 0 aliphatic heterocycles. The number of anilines is 1. The number of aromatic amines is 1. The number of aryl methyl sites for hydroxylation is 2. The number of nitrogens with zero attached hydrogens (tertiary/aromatic N) is 5. The van der Waals surface area contributed by atoms with Crippen molar-refractivity contribution in [3.8, 4) is 11.4 Å². The van der Waals surface area contributed by atoms with Crippen LogP contribution in [-0.2, 0) is 0 Å². The third-order valence-corrected chi connectivity index (χ3v) is 4.66. The second-order valence-electron chi connectivity index (χ2n) is 6.97. The third-order valence-electron chi connectivity index (χ3n) is 4.66. The van der Waals surface area contributed by atoms with Gasteiger partial charge in [0, 0.05) is 22.6 Å². The number of fused-ring (bicyclic) bond motifs is 2. The van der Waals surface area contributed by atoms with Gasteiger partial charge in [-0.1, -0.05) is 12.1 Å². The van der Waals surface area contributed by atoms with Gasteiger partial charge in [-0.05, 0) is 50.2 Å². The van der Waals surface area contributed by atoms with Crippen LogP contribution in [0.2, 0.25) is 0 Å². The Morgan fingerprint density at radius 3 is 2.77 bits per heavy atom. The van der Waals surface area contributed by atoms with E-state index in [0.717, 1.165) is 11.4 Å². The Bertz CT molecular complexity index is 1440. The summed E-state index contributed by atoms with van der Waals surface area (Å²) in [5.74, 6) is 0.178. The molecule has 0 atom stereocenters. The zero-order valence-electron chi connectivity index (χ0n) is 16.1. The molecule has 2 aromatic carbocycles. The molecule has 0 aliphatic carbocycles. The highest BCUT2D eigenvalue weighted by molar-refractivity contribution is 6.02. The molecule has 0 spiro atoms. The Labute approximate surface area is 169 Å². The summed E-state index contributed by atoms with van der Waals surface area (Å²) in [6.07, 6.45) is 0. The molecule has 3 aromatic heterocycles. The van der Waals surface area contributed by atoms with Gasteiger partial charge >= 0.3 is 0 Å². The maximum atomic E-state index is 13.5. The predicted molar refractivity (Wildman–Crippen MR) is 110 cm³/mol. The molecular formula is C21H16FN7O. The second kappa shape index (κ2) is 6.73. The fraction of sp³-hybridized carbons (Fsp3) is 0.0952. The van der Waals surface area contributed by atoms with Crippen molar-refractivity contribution in [3.63, 3.8) is 0 Å². The second-order valence-corrected chi connectivity index (χ2v) is 6.97. The normalized spacial score (nSPS) is 11.3. The number of carbonyl (C=O) groups is 1. The number of imidazole rings is 1. The molecule has 148 valence electrons. The summed E-state index contributed by atoms with van der Waals surface area (Å²) >= 11 is 0. The number of carbonyl (C=O) groups excluding carboxylic acids is 1. The molecule has 5 rings (SSSR count). The lowest BCUT2D eigenvalue weighted by atomic mass is 10.2. The zero-order valence-corrected chi connectivity index (χ0v) is 16.1. The number of H-pyrrole nitrogens is 1. The van der Waals surface area contributed by atoms with Gasteiger partial charge in [0.1, 0.15) is 11.6 Å². The molecule has 1 amide bonds. The third kappa shape index (κ3) is 3.16. The summed E-state index contributed by atoms with van der Waals surface area (Å²) in [5.41, 5.74) is 4.26. The standard InChI is InChI=1S/C21H16FN7O/c1-11-8-12(2)29-21(23-11)27-19(28-29)20(30)24-15-6-7-16-17(10-15)26-18(25-16)13-4-3-5-14(22)9-13/h3-10H,1-2H3,(H,24,30)(H,25,26). The molecule has 2 N–H and O–H groups in total. The minimum Gasteiger partial charge on any atom is -0.338 e. The van der Waals surface area contributed by atoms with Crippen molar-refractivity contribution in [3.05, 3.63) is 71.6 Å². The number of hydrogen-bond donors (Lipinski definition) is 2. The van der Waals surface area contributed by atoms with Gasteiger partial charge in [-0.3, -0.25) is 4.79 Å². The number of aromatic nitrogens is 6. The Hall–Kier alpha value is -4.14. The Morgan fingerprint density at radius 2 is 1.93 bits per heavy atom. The van der Waals surface area contributed by atoms with Crippen LogP contribution in [0, 0.1) is 19.7 Å². The lowest BCUT2D eigenvalue weighted by Crippen LogP contribution is -2.14. The summed E-state index contributed by atoms with van der Waals surface area (Å²) in [4.78, 5) is 28.8. The Morgan fingerprint density at radius 1 is 1.07 bits per heavy atom. The predicted octanol–water partition coefficient (Wildman–Crippen LogP) is 3.68. The van der Waals surface area contributed by atoms with E-state index in [9.17, 15) is 9.18 Å². The topological polar surface area (TPSA) is 101 Å². The number of benzene rings is 2. The quantitative estimate of drug-likeness (QED) is 0.480. The van der Waals surface area contributed by atoms with E-state index in [4.69, 9.17) is 0 Å². The van der Waals surface area contributed by atoms with Crippen molar-refractivity contribution < 1.29 is 9.18 Å². The van der Waals surface area contributed by atoms with E-state index in [1.54, 1.807) is 30.3 Å².